The molecule has 10 heteroatoms. The van der Waals surface area contributed by atoms with Crippen molar-refractivity contribution in [3.8, 4) is 0 Å². The first kappa shape index (κ1) is 19.8. The quantitative estimate of drug-likeness (QED) is 0.548. The molecule has 1 aliphatic rings. The number of rotatable bonds is 2. The van der Waals surface area contributed by atoms with E-state index in [4.69, 9.17) is 4.42 Å². The Morgan fingerprint density at radius 3 is 2.59 bits per heavy atom. The van der Waals surface area contributed by atoms with E-state index in [1.54, 1.807) is 0 Å². The zero-order valence-corrected chi connectivity index (χ0v) is 16.4. The molecule has 0 aliphatic carbocycles. The van der Waals surface area contributed by atoms with Crippen LogP contribution in [0.2, 0.25) is 0 Å². The maximum Gasteiger partial charge on any atom is 0.416 e. The molecule has 0 spiro atoms. The van der Waals surface area contributed by atoms with Crippen LogP contribution in [0.5, 0.6) is 0 Å². The minimum atomic E-state index is -4.58. The minimum Gasteiger partial charge on any atom is -0.423 e. The number of hydrogen-bond acceptors (Lipinski definition) is 5. The predicted octanol–water partition coefficient (Wildman–Crippen LogP) is 4.50. The Labute approximate surface area is 168 Å². The van der Waals surface area contributed by atoms with Crippen LogP contribution >= 0.6 is 11.8 Å². The molecule has 5 nitrogen and oxygen atoms in total. The first-order valence-electron chi connectivity index (χ1n) is 8.57. The van der Waals surface area contributed by atoms with E-state index in [0.29, 0.717) is 22.5 Å². The normalized spacial score (nSPS) is 15.2. The van der Waals surface area contributed by atoms with E-state index in [1.165, 1.54) is 48.2 Å². The topological polar surface area (TPSA) is 67.6 Å². The van der Waals surface area contributed by atoms with Gasteiger partial charge >= 0.3 is 11.8 Å². The van der Waals surface area contributed by atoms with Gasteiger partial charge in [-0.2, -0.15) is 13.2 Å². The van der Waals surface area contributed by atoms with Crippen molar-refractivity contribution in [2.24, 2.45) is 0 Å². The smallest absolute Gasteiger partial charge is 0.416 e. The number of hydrogen-bond donors (Lipinski definition) is 0. The summed E-state index contributed by atoms with van der Waals surface area (Å²) in [7, 11) is -4.13. The standard InChI is InChI=1S/C19H14F3NO4S2/c20-19(21,22)13-3-6-17-15(11-13)23(8-1-9-28-17)29(25,26)14-4-5-16-12(10-14)2-7-18(24)27-16/h2-7,10-11H,1,8-9H2. The van der Waals surface area contributed by atoms with Gasteiger partial charge in [-0.3, -0.25) is 4.31 Å². The van der Waals surface area contributed by atoms with Gasteiger partial charge in [-0.25, -0.2) is 13.2 Å². The molecule has 0 atom stereocenters. The number of thioether (sulfide) groups is 1. The summed E-state index contributed by atoms with van der Waals surface area (Å²) >= 11 is 1.32. The Bertz CT molecular complexity index is 1250. The lowest BCUT2D eigenvalue weighted by Gasteiger charge is -2.25. The van der Waals surface area contributed by atoms with E-state index in [1.807, 2.05) is 0 Å². The molecular weight excluding hydrogens is 427 g/mol. The molecule has 1 aromatic heterocycles. The third-order valence-corrected chi connectivity index (χ3v) is 7.46. The Hall–Kier alpha value is -2.46. The maximum atomic E-state index is 13.3. The number of sulfonamides is 1. The van der Waals surface area contributed by atoms with Crippen molar-refractivity contribution in [1.29, 1.82) is 0 Å². The molecule has 29 heavy (non-hydrogen) atoms. The first-order valence-corrected chi connectivity index (χ1v) is 11.0. The lowest BCUT2D eigenvalue weighted by atomic mass is 10.2. The van der Waals surface area contributed by atoms with E-state index < -0.39 is 27.4 Å². The average Bonchev–Trinajstić information content (AvgIpc) is 2.89. The predicted molar refractivity (Wildman–Crippen MR) is 104 cm³/mol. The average molecular weight is 441 g/mol. The molecule has 0 fully saturated rings. The molecule has 0 amide bonds. The number of nitrogens with zero attached hydrogens (tertiary/aromatic N) is 1. The molecule has 0 unspecified atom stereocenters. The van der Waals surface area contributed by atoms with Gasteiger partial charge in [0.1, 0.15) is 5.58 Å². The van der Waals surface area contributed by atoms with E-state index >= 15 is 0 Å². The second kappa shape index (κ2) is 7.10. The largest absolute Gasteiger partial charge is 0.423 e. The van der Waals surface area contributed by atoms with Crippen LogP contribution in [0.3, 0.4) is 0 Å². The molecule has 1 aliphatic heterocycles. The van der Waals surface area contributed by atoms with Gasteiger partial charge in [-0.05, 0) is 54.6 Å². The molecule has 4 rings (SSSR count). The van der Waals surface area contributed by atoms with Crippen molar-refractivity contribution in [2.45, 2.75) is 22.4 Å². The highest BCUT2D eigenvalue weighted by atomic mass is 32.2. The fraction of sp³-hybridized carbons (Fsp3) is 0.211. The lowest BCUT2D eigenvalue weighted by molar-refractivity contribution is -0.137. The van der Waals surface area contributed by atoms with Crippen LogP contribution in [0, 0.1) is 0 Å². The van der Waals surface area contributed by atoms with Gasteiger partial charge in [0, 0.05) is 22.9 Å². The number of anilines is 1. The van der Waals surface area contributed by atoms with Gasteiger partial charge in [0.25, 0.3) is 10.0 Å². The van der Waals surface area contributed by atoms with E-state index in [2.05, 4.69) is 0 Å². The van der Waals surface area contributed by atoms with Crippen LogP contribution in [0.15, 0.2) is 67.5 Å². The van der Waals surface area contributed by atoms with E-state index in [9.17, 15) is 26.4 Å². The molecule has 0 bridgehead atoms. The Kier molecular flexibility index (Phi) is 4.86. The lowest BCUT2D eigenvalue weighted by Crippen LogP contribution is -2.32. The van der Waals surface area contributed by atoms with Crippen LogP contribution in [-0.2, 0) is 16.2 Å². The highest BCUT2D eigenvalue weighted by molar-refractivity contribution is 7.99. The number of benzene rings is 2. The molecule has 2 aromatic carbocycles. The van der Waals surface area contributed by atoms with Crippen molar-refractivity contribution in [3.05, 3.63) is 64.5 Å². The van der Waals surface area contributed by atoms with Gasteiger partial charge in [0.15, 0.2) is 0 Å². The molecule has 3 aromatic rings. The van der Waals surface area contributed by atoms with E-state index in [0.717, 1.165) is 16.4 Å². The van der Waals surface area contributed by atoms with Crippen molar-refractivity contribution >= 4 is 38.4 Å². The number of fused-ring (bicyclic) bond motifs is 2. The van der Waals surface area contributed by atoms with E-state index in [-0.39, 0.29) is 22.7 Å². The highest BCUT2D eigenvalue weighted by Gasteiger charge is 2.34. The van der Waals surface area contributed by atoms with Crippen LogP contribution < -0.4 is 9.93 Å². The summed E-state index contributed by atoms with van der Waals surface area (Å²) in [6.07, 6.45) is -4.09. The Morgan fingerprint density at radius 1 is 1.03 bits per heavy atom. The van der Waals surface area contributed by atoms with Gasteiger partial charge < -0.3 is 4.42 Å². The van der Waals surface area contributed by atoms with Crippen molar-refractivity contribution in [2.75, 3.05) is 16.6 Å². The second-order valence-electron chi connectivity index (χ2n) is 6.41. The maximum absolute atomic E-state index is 13.3. The summed E-state index contributed by atoms with van der Waals surface area (Å²) in [5, 5.41) is 0.402. The summed E-state index contributed by atoms with van der Waals surface area (Å²) in [6, 6.07) is 9.76. The van der Waals surface area contributed by atoms with Crippen LogP contribution in [-0.4, -0.2) is 20.7 Å². The third-order valence-electron chi connectivity index (χ3n) is 4.50. The summed E-state index contributed by atoms with van der Waals surface area (Å²) in [5.41, 5.74) is -1.23. The van der Waals surface area contributed by atoms with Gasteiger partial charge in [0.2, 0.25) is 0 Å². The minimum absolute atomic E-state index is 0.0158. The van der Waals surface area contributed by atoms with Crippen molar-refractivity contribution < 1.29 is 26.0 Å². The van der Waals surface area contributed by atoms with Crippen molar-refractivity contribution in [3.63, 3.8) is 0 Å². The zero-order chi connectivity index (χ0) is 20.8. The van der Waals surface area contributed by atoms with Gasteiger partial charge in [-0.15, -0.1) is 11.8 Å². The molecule has 2 heterocycles. The molecule has 0 N–H and O–H groups in total. The highest BCUT2D eigenvalue weighted by Crippen LogP contribution is 2.41. The summed E-state index contributed by atoms with van der Waals surface area (Å²) in [5.74, 6) is 0.591. The fourth-order valence-corrected chi connectivity index (χ4v) is 5.69. The summed E-state index contributed by atoms with van der Waals surface area (Å²) < 4.78 is 72.3. The Balaban J connectivity index is 1.85. The molecule has 0 radical (unpaired) electrons. The third kappa shape index (κ3) is 3.74. The molecule has 152 valence electrons. The zero-order valence-electron chi connectivity index (χ0n) is 14.8. The van der Waals surface area contributed by atoms with Crippen LogP contribution in [0.25, 0.3) is 11.0 Å². The molecular formula is C19H14F3NO4S2. The second-order valence-corrected chi connectivity index (χ2v) is 9.41. The van der Waals surface area contributed by atoms with Gasteiger partial charge in [0.05, 0.1) is 16.1 Å². The summed E-state index contributed by atoms with van der Waals surface area (Å²) in [4.78, 5) is 11.7. The number of halogens is 3. The van der Waals surface area contributed by atoms with Crippen molar-refractivity contribution in [1.82, 2.24) is 0 Å². The molecule has 0 saturated carbocycles. The number of alkyl halides is 3. The van der Waals surface area contributed by atoms with Crippen LogP contribution in [0.1, 0.15) is 12.0 Å². The first-order chi connectivity index (χ1) is 13.7. The van der Waals surface area contributed by atoms with Crippen LogP contribution in [0.4, 0.5) is 18.9 Å². The SMILES string of the molecule is O=c1ccc2cc(S(=O)(=O)N3CCCSc4ccc(C(F)(F)F)cc43)ccc2o1. The monoisotopic (exact) mass is 441 g/mol. The molecule has 0 saturated heterocycles. The van der Waals surface area contributed by atoms with Gasteiger partial charge in [-0.1, -0.05) is 0 Å². The summed E-state index contributed by atoms with van der Waals surface area (Å²) in [6.45, 7) is 0.0611. The fourth-order valence-electron chi connectivity index (χ4n) is 3.11. The Morgan fingerprint density at radius 2 is 1.83 bits per heavy atom.